The molecular formula is C7H12ClF3O. The van der Waals surface area contributed by atoms with Crippen molar-refractivity contribution < 1.29 is 17.9 Å². The Morgan fingerprint density at radius 2 is 1.75 bits per heavy atom. The van der Waals surface area contributed by atoms with Crippen LogP contribution in [-0.2, 0) is 4.74 Å². The Kier molecular flexibility index (Phi) is 3.85. The normalized spacial score (nSPS) is 16.2. The smallest absolute Gasteiger partial charge is 0.317 e. The van der Waals surface area contributed by atoms with Crippen LogP contribution < -0.4 is 0 Å². The molecule has 0 aliphatic heterocycles. The van der Waals surface area contributed by atoms with E-state index in [1.54, 1.807) is 20.8 Å². The summed E-state index contributed by atoms with van der Waals surface area (Å²) in [5.41, 5.74) is -3.23. The zero-order chi connectivity index (χ0) is 9.99. The molecule has 0 radical (unpaired) electrons. The Bertz CT molecular complexity index is 142. The van der Waals surface area contributed by atoms with Gasteiger partial charge in [-0.3, -0.25) is 0 Å². The Morgan fingerprint density at radius 3 is 2.00 bits per heavy atom. The summed E-state index contributed by atoms with van der Waals surface area (Å²) < 4.78 is 40.7. The molecule has 74 valence electrons. The SMILES string of the molecule is CC(C)(C)COC(F)(F)C(F)Cl. The van der Waals surface area contributed by atoms with Gasteiger partial charge in [0.05, 0.1) is 6.61 Å². The summed E-state index contributed by atoms with van der Waals surface area (Å²) in [7, 11) is 0. The van der Waals surface area contributed by atoms with Crippen LogP contribution in [0, 0.1) is 5.41 Å². The van der Waals surface area contributed by atoms with E-state index in [0.29, 0.717) is 0 Å². The lowest BCUT2D eigenvalue weighted by molar-refractivity contribution is -0.266. The minimum Gasteiger partial charge on any atom is -0.317 e. The van der Waals surface area contributed by atoms with E-state index in [1.165, 1.54) is 0 Å². The van der Waals surface area contributed by atoms with E-state index in [-0.39, 0.29) is 6.61 Å². The molecule has 0 bridgehead atoms. The third-order valence-electron chi connectivity index (χ3n) is 0.952. The van der Waals surface area contributed by atoms with Gasteiger partial charge in [0.25, 0.3) is 5.63 Å². The molecule has 0 N–H and O–H groups in total. The highest BCUT2D eigenvalue weighted by atomic mass is 35.5. The minimum atomic E-state index is -3.89. The van der Waals surface area contributed by atoms with Gasteiger partial charge >= 0.3 is 6.11 Å². The van der Waals surface area contributed by atoms with E-state index < -0.39 is 17.2 Å². The van der Waals surface area contributed by atoms with Gasteiger partial charge in [-0.05, 0) is 5.41 Å². The number of rotatable bonds is 3. The monoisotopic (exact) mass is 204 g/mol. The summed E-state index contributed by atoms with van der Waals surface area (Å²) in [4.78, 5) is 0. The Labute approximate surface area is 74.8 Å². The molecule has 12 heavy (non-hydrogen) atoms. The number of ether oxygens (including phenoxy) is 1. The fourth-order valence-electron chi connectivity index (χ4n) is 0.376. The van der Waals surface area contributed by atoms with Crippen molar-refractivity contribution in [2.75, 3.05) is 6.61 Å². The van der Waals surface area contributed by atoms with E-state index in [9.17, 15) is 13.2 Å². The largest absolute Gasteiger partial charge is 0.400 e. The molecule has 0 aromatic heterocycles. The van der Waals surface area contributed by atoms with Crippen molar-refractivity contribution in [1.82, 2.24) is 0 Å². The van der Waals surface area contributed by atoms with Gasteiger partial charge in [0.1, 0.15) is 0 Å². The predicted octanol–water partition coefficient (Wildman–Crippen LogP) is 3.18. The number of halogens is 4. The molecule has 1 nitrogen and oxygen atoms in total. The van der Waals surface area contributed by atoms with E-state index in [4.69, 9.17) is 0 Å². The van der Waals surface area contributed by atoms with Crippen LogP contribution in [0.25, 0.3) is 0 Å². The maximum absolute atomic E-state index is 12.3. The van der Waals surface area contributed by atoms with Crippen LogP contribution in [-0.4, -0.2) is 18.3 Å². The van der Waals surface area contributed by atoms with Crippen molar-refractivity contribution >= 4 is 11.6 Å². The summed E-state index contributed by atoms with van der Waals surface area (Å²) in [5, 5.41) is 0. The highest BCUT2D eigenvalue weighted by Crippen LogP contribution is 2.28. The van der Waals surface area contributed by atoms with Gasteiger partial charge in [-0.1, -0.05) is 32.4 Å². The molecule has 1 unspecified atom stereocenters. The standard InChI is InChI=1S/C7H12ClF3O/c1-6(2,3)4-12-7(10,11)5(8)9/h5H,4H2,1-3H3. The first-order valence-electron chi connectivity index (χ1n) is 3.45. The molecule has 0 aromatic carbocycles. The molecule has 1 atom stereocenters. The van der Waals surface area contributed by atoms with Crippen LogP contribution in [0.15, 0.2) is 0 Å². The topological polar surface area (TPSA) is 9.23 Å². The highest BCUT2D eigenvalue weighted by molar-refractivity contribution is 6.20. The zero-order valence-electron chi connectivity index (χ0n) is 7.20. The second-order valence-electron chi connectivity index (χ2n) is 3.71. The third kappa shape index (κ3) is 4.83. The van der Waals surface area contributed by atoms with Gasteiger partial charge in [-0.2, -0.15) is 8.78 Å². The van der Waals surface area contributed by atoms with E-state index in [1.807, 2.05) is 0 Å². The van der Waals surface area contributed by atoms with Gasteiger partial charge in [0.2, 0.25) is 0 Å². The average molecular weight is 205 g/mol. The van der Waals surface area contributed by atoms with Gasteiger partial charge in [0, 0.05) is 0 Å². The van der Waals surface area contributed by atoms with Crippen LogP contribution in [0.2, 0.25) is 0 Å². The lowest BCUT2D eigenvalue weighted by Gasteiger charge is -2.23. The van der Waals surface area contributed by atoms with Gasteiger partial charge in [-0.25, -0.2) is 4.39 Å². The van der Waals surface area contributed by atoms with E-state index in [0.717, 1.165) is 0 Å². The van der Waals surface area contributed by atoms with Crippen molar-refractivity contribution in [3.63, 3.8) is 0 Å². The summed E-state index contributed by atoms with van der Waals surface area (Å²) in [6, 6.07) is 0. The lowest BCUT2D eigenvalue weighted by atomic mass is 9.99. The first kappa shape index (κ1) is 12.0. The summed E-state index contributed by atoms with van der Waals surface area (Å²) in [6.45, 7) is 4.85. The molecule has 0 rings (SSSR count). The minimum absolute atomic E-state index is 0.243. The van der Waals surface area contributed by atoms with Crippen LogP contribution >= 0.6 is 11.6 Å². The van der Waals surface area contributed by atoms with Crippen molar-refractivity contribution in [3.8, 4) is 0 Å². The van der Waals surface area contributed by atoms with Crippen molar-refractivity contribution in [2.45, 2.75) is 32.5 Å². The fraction of sp³-hybridized carbons (Fsp3) is 1.00. The van der Waals surface area contributed by atoms with Crippen molar-refractivity contribution in [3.05, 3.63) is 0 Å². The van der Waals surface area contributed by atoms with Crippen LogP contribution in [0.4, 0.5) is 13.2 Å². The summed E-state index contributed by atoms with van der Waals surface area (Å²) >= 11 is 4.56. The van der Waals surface area contributed by atoms with Crippen LogP contribution in [0.5, 0.6) is 0 Å². The number of hydrogen-bond donors (Lipinski definition) is 0. The molecule has 0 spiro atoms. The lowest BCUT2D eigenvalue weighted by Crippen LogP contribution is -2.33. The Balaban J connectivity index is 3.93. The fourth-order valence-corrected chi connectivity index (χ4v) is 0.439. The second-order valence-corrected chi connectivity index (χ2v) is 4.10. The molecule has 5 heteroatoms. The molecule has 0 aliphatic rings. The predicted molar refractivity (Wildman–Crippen MR) is 41.1 cm³/mol. The maximum Gasteiger partial charge on any atom is 0.400 e. The molecule has 0 saturated carbocycles. The molecule has 0 amide bonds. The molecule has 0 heterocycles. The average Bonchev–Trinajstić information content (AvgIpc) is 1.82. The molecule has 0 aliphatic carbocycles. The van der Waals surface area contributed by atoms with Crippen molar-refractivity contribution in [1.29, 1.82) is 0 Å². The number of hydrogen-bond acceptors (Lipinski definition) is 1. The Hall–Kier alpha value is 0.0400. The second kappa shape index (κ2) is 3.83. The molecule has 0 aromatic rings. The van der Waals surface area contributed by atoms with Gasteiger partial charge < -0.3 is 4.74 Å². The van der Waals surface area contributed by atoms with Gasteiger partial charge in [-0.15, -0.1) is 0 Å². The summed E-state index contributed by atoms with van der Waals surface area (Å²) in [5.74, 6) is 0. The number of alkyl halides is 4. The molecular weight excluding hydrogens is 193 g/mol. The summed E-state index contributed by atoms with van der Waals surface area (Å²) in [6.07, 6.45) is -3.89. The Morgan fingerprint density at radius 1 is 1.33 bits per heavy atom. The third-order valence-corrected chi connectivity index (χ3v) is 1.21. The van der Waals surface area contributed by atoms with E-state index >= 15 is 0 Å². The van der Waals surface area contributed by atoms with Crippen molar-refractivity contribution in [2.24, 2.45) is 5.41 Å². The molecule has 0 saturated heterocycles. The quantitative estimate of drug-likeness (QED) is 0.642. The first-order valence-corrected chi connectivity index (χ1v) is 3.89. The van der Waals surface area contributed by atoms with Crippen LogP contribution in [0.1, 0.15) is 20.8 Å². The first-order chi connectivity index (χ1) is 5.15. The van der Waals surface area contributed by atoms with Gasteiger partial charge in [0.15, 0.2) is 0 Å². The van der Waals surface area contributed by atoms with E-state index in [2.05, 4.69) is 16.3 Å². The highest BCUT2D eigenvalue weighted by Gasteiger charge is 2.41. The van der Waals surface area contributed by atoms with Crippen LogP contribution in [0.3, 0.4) is 0 Å². The molecule has 0 fully saturated rings. The maximum atomic E-state index is 12.3. The zero-order valence-corrected chi connectivity index (χ0v) is 7.96.